The van der Waals surface area contributed by atoms with E-state index >= 15 is 0 Å². The van der Waals surface area contributed by atoms with Crippen molar-refractivity contribution in [3.05, 3.63) is 69.3 Å². The lowest BCUT2D eigenvalue weighted by atomic mass is 10.0. The Morgan fingerprint density at radius 1 is 0.419 bits per heavy atom. The van der Waals surface area contributed by atoms with E-state index in [-0.39, 0.29) is 25.7 Å². The molecular weight excluding hydrogens is 626 g/mol. The van der Waals surface area contributed by atoms with Gasteiger partial charge in [-0.15, -0.1) is 0 Å². The molecule has 0 spiro atoms. The van der Waals surface area contributed by atoms with Crippen molar-refractivity contribution in [2.45, 2.75) is 102 Å². The van der Waals surface area contributed by atoms with Crippen molar-refractivity contribution >= 4 is 18.8 Å². The molecule has 244 valence electrons. The second kappa shape index (κ2) is 18.2. The lowest BCUT2D eigenvalue weighted by Crippen LogP contribution is -2.38. The minimum atomic E-state index is -2.88. The summed E-state index contributed by atoms with van der Waals surface area (Å²) in [5, 5.41) is 0. The summed E-state index contributed by atoms with van der Waals surface area (Å²) in [7, 11) is -2.11. The highest BCUT2D eigenvalue weighted by Gasteiger charge is 2.32. The van der Waals surface area contributed by atoms with Crippen molar-refractivity contribution < 1.29 is 53.1 Å². The number of benzene rings is 2. The van der Waals surface area contributed by atoms with E-state index in [4.69, 9.17) is 4.43 Å². The Morgan fingerprint density at radius 2 is 0.674 bits per heavy atom. The molecule has 0 aliphatic rings. The molecule has 0 fully saturated rings. The maximum absolute atomic E-state index is 13.7. The topological polar surface area (TPSA) is 29.5 Å². The molecule has 0 amide bonds. The summed E-state index contributed by atoms with van der Waals surface area (Å²) in [6, 6.07) is 1.11. The van der Waals surface area contributed by atoms with E-state index in [1.165, 1.54) is 0 Å². The fourth-order valence-corrected chi connectivity index (χ4v) is 9.39. The van der Waals surface area contributed by atoms with Gasteiger partial charge in [-0.25, -0.2) is 43.9 Å². The van der Waals surface area contributed by atoms with Crippen LogP contribution in [0.15, 0.2) is 0 Å². The molecule has 0 heterocycles. The van der Waals surface area contributed by atoms with Gasteiger partial charge in [0, 0.05) is 27.6 Å². The lowest BCUT2D eigenvalue weighted by Gasteiger charge is -2.24. The van der Waals surface area contributed by atoms with Crippen molar-refractivity contribution in [1.29, 1.82) is 0 Å². The fourth-order valence-electron chi connectivity index (χ4n) is 5.10. The van der Waals surface area contributed by atoms with E-state index in [9.17, 15) is 48.7 Å². The first-order valence-corrected chi connectivity index (χ1v) is 18.4. The Kier molecular flexibility index (Phi) is 15.7. The SMILES string of the molecule is O[Si](CCCCCCCCc1c(F)c(F)c(F)c(F)c1F)(CCCCCCCCc1c(F)c(F)c(F)c(F)c1F)OC[SiH3]. The van der Waals surface area contributed by atoms with Gasteiger partial charge >= 0.3 is 8.56 Å². The molecule has 0 aliphatic heterocycles. The average Bonchev–Trinajstić information content (AvgIpc) is 2.98. The molecule has 0 aromatic heterocycles. The highest BCUT2D eigenvalue weighted by Crippen LogP contribution is 2.27. The number of halogens is 10. The van der Waals surface area contributed by atoms with Gasteiger partial charge in [-0.1, -0.05) is 64.2 Å². The molecule has 0 atom stereocenters. The van der Waals surface area contributed by atoms with Crippen LogP contribution in [-0.4, -0.2) is 29.8 Å². The number of hydrogen-bond acceptors (Lipinski definition) is 2. The summed E-state index contributed by atoms with van der Waals surface area (Å²) in [6.45, 7) is 0. The zero-order valence-corrected chi connectivity index (χ0v) is 27.2. The summed E-state index contributed by atoms with van der Waals surface area (Å²) in [5.41, 5.74) is -1.59. The number of rotatable bonds is 20. The third-order valence-corrected chi connectivity index (χ3v) is 11.5. The van der Waals surface area contributed by atoms with Crippen LogP contribution in [0.3, 0.4) is 0 Å². The highest BCUT2D eigenvalue weighted by molar-refractivity contribution is 6.66. The van der Waals surface area contributed by atoms with Crippen LogP contribution in [0.1, 0.15) is 88.2 Å². The molecule has 2 aromatic rings. The van der Waals surface area contributed by atoms with Crippen molar-refractivity contribution in [1.82, 2.24) is 0 Å². The number of hydrogen-bond donors (Lipinski definition) is 1. The van der Waals surface area contributed by atoms with E-state index in [0.717, 1.165) is 48.8 Å². The third-order valence-electron chi connectivity index (χ3n) is 7.50. The zero-order chi connectivity index (χ0) is 32.2. The summed E-state index contributed by atoms with van der Waals surface area (Å²) >= 11 is 0. The van der Waals surface area contributed by atoms with Crippen LogP contribution in [0.25, 0.3) is 0 Å². The molecule has 0 bridgehead atoms. The van der Waals surface area contributed by atoms with Gasteiger partial charge in [-0.2, -0.15) is 0 Å². The van der Waals surface area contributed by atoms with E-state index in [1.807, 2.05) is 0 Å². The fraction of sp³-hybridized carbons (Fsp3) is 0.586. The van der Waals surface area contributed by atoms with Gasteiger partial charge in [0.15, 0.2) is 46.5 Å². The Hall–Kier alpha value is -1.91. The quantitative estimate of drug-likeness (QED) is 0.0508. The van der Waals surface area contributed by atoms with Crippen LogP contribution in [0.2, 0.25) is 12.1 Å². The number of unbranched alkanes of at least 4 members (excludes halogenated alkanes) is 10. The zero-order valence-electron chi connectivity index (χ0n) is 24.2. The van der Waals surface area contributed by atoms with Crippen molar-refractivity contribution in [3.8, 4) is 0 Å². The molecule has 14 heteroatoms. The average molecular weight is 665 g/mol. The molecule has 0 radical (unpaired) electrons. The van der Waals surface area contributed by atoms with E-state index in [1.54, 1.807) is 0 Å². The van der Waals surface area contributed by atoms with Gasteiger partial charge in [0.1, 0.15) is 0 Å². The Balaban J connectivity index is 1.60. The molecule has 0 aliphatic carbocycles. The summed E-state index contributed by atoms with van der Waals surface area (Å²) in [4.78, 5) is 11.0. The molecule has 1 N–H and O–H groups in total. The Morgan fingerprint density at radius 3 is 0.977 bits per heavy atom. The molecule has 2 aromatic carbocycles. The minimum absolute atomic E-state index is 0.252. The van der Waals surface area contributed by atoms with Crippen molar-refractivity contribution in [2.24, 2.45) is 0 Å². The Bertz CT molecular complexity index is 1060. The molecule has 0 unspecified atom stereocenters. The summed E-state index contributed by atoms with van der Waals surface area (Å²) in [6.07, 6.45) is 7.72. The van der Waals surface area contributed by atoms with Gasteiger partial charge in [-0.05, 0) is 37.8 Å². The van der Waals surface area contributed by atoms with Gasteiger partial charge in [0.05, 0.1) is 0 Å². The Labute approximate surface area is 249 Å². The molecule has 43 heavy (non-hydrogen) atoms. The van der Waals surface area contributed by atoms with Crippen molar-refractivity contribution in [2.75, 3.05) is 6.23 Å². The van der Waals surface area contributed by atoms with Crippen LogP contribution in [0.5, 0.6) is 0 Å². The highest BCUT2D eigenvalue weighted by atomic mass is 28.4. The largest absolute Gasteiger partial charge is 0.411 e. The molecule has 2 rings (SSSR count). The predicted molar refractivity (Wildman–Crippen MR) is 149 cm³/mol. The van der Waals surface area contributed by atoms with Crippen molar-refractivity contribution in [3.63, 3.8) is 0 Å². The summed E-state index contributed by atoms with van der Waals surface area (Å²) < 4.78 is 140. The van der Waals surface area contributed by atoms with Gasteiger partial charge in [0.2, 0.25) is 11.6 Å². The molecule has 0 saturated carbocycles. The molecular formula is C29H38F10O2Si2. The van der Waals surface area contributed by atoms with Crippen LogP contribution in [0, 0.1) is 58.2 Å². The first-order chi connectivity index (χ1) is 20.4. The van der Waals surface area contributed by atoms with Crippen LogP contribution >= 0.6 is 0 Å². The smallest absolute Gasteiger partial charge is 0.335 e. The standard InChI is InChI=1S/C29H38F10O2Si2/c30-20-18(21(31)25(35)28(38)24(20)34)13-9-5-1-3-7-11-15-43(40,41-17-42)16-12-8-4-2-6-10-14-19-22(32)26(36)29(39)27(37)23(19)33/h40H,1-17H2,42H3. The van der Waals surface area contributed by atoms with Gasteiger partial charge in [-0.3, -0.25) is 0 Å². The maximum atomic E-state index is 13.7. The van der Waals surface area contributed by atoms with E-state index < -0.39 is 77.9 Å². The van der Waals surface area contributed by atoms with Crippen LogP contribution in [-0.2, 0) is 17.3 Å². The molecule has 0 saturated heterocycles. The molecule has 2 nitrogen and oxygen atoms in total. The van der Waals surface area contributed by atoms with Gasteiger partial charge in [0.25, 0.3) is 0 Å². The monoisotopic (exact) mass is 664 g/mol. The first-order valence-electron chi connectivity index (χ1n) is 14.7. The van der Waals surface area contributed by atoms with Gasteiger partial charge < -0.3 is 9.22 Å². The van der Waals surface area contributed by atoms with E-state index in [2.05, 4.69) is 0 Å². The van der Waals surface area contributed by atoms with E-state index in [0.29, 0.717) is 44.0 Å². The lowest BCUT2D eigenvalue weighted by molar-refractivity contribution is 0.267. The summed E-state index contributed by atoms with van der Waals surface area (Å²) in [5.74, 6) is -19.2. The second-order valence-electron chi connectivity index (χ2n) is 10.7. The third kappa shape index (κ3) is 10.6. The van der Waals surface area contributed by atoms with Crippen LogP contribution in [0.4, 0.5) is 43.9 Å². The second-order valence-corrected chi connectivity index (χ2v) is 14.5. The first kappa shape index (κ1) is 37.3. The normalized spacial score (nSPS) is 12.1. The maximum Gasteiger partial charge on any atom is 0.335 e. The predicted octanol–water partition coefficient (Wildman–Crippen LogP) is 8.32. The minimum Gasteiger partial charge on any atom is -0.411 e. The van der Waals surface area contributed by atoms with Crippen LogP contribution < -0.4 is 0 Å².